The summed E-state index contributed by atoms with van der Waals surface area (Å²) < 4.78 is 61.9. The number of hydrogen-bond donors (Lipinski definition) is 1. The fourth-order valence-electron chi connectivity index (χ4n) is 3.73. The van der Waals surface area contributed by atoms with Crippen LogP contribution in [-0.2, 0) is 9.84 Å². The van der Waals surface area contributed by atoms with Crippen LogP contribution in [0, 0.1) is 11.6 Å². The fraction of sp³-hybridized carbons (Fsp3) is 0.238. The minimum atomic E-state index is -4.01. The minimum absolute atomic E-state index is 0.174. The van der Waals surface area contributed by atoms with Crippen LogP contribution in [0.3, 0.4) is 0 Å². The van der Waals surface area contributed by atoms with E-state index >= 15 is 8.78 Å². The summed E-state index contributed by atoms with van der Waals surface area (Å²) >= 11 is 0. The van der Waals surface area contributed by atoms with Crippen molar-refractivity contribution in [3.63, 3.8) is 0 Å². The Morgan fingerprint density at radius 1 is 1.23 bits per heavy atom. The lowest BCUT2D eigenvalue weighted by molar-refractivity contribution is 0.143. The van der Waals surface area contributed by atoms with Crippen molar-refractivity contribution >= 4 is 26.9 Å². The maximum Gasteiger partial charge on any atom is 0.511 e. The third-order valence-corrected chi connectivity index (χ3v) is 6.51. The summed E-state index contributed by atoms with van der Waals surface area (Å²) in [5, 5.41) is 6.81. The molecule has 162 valence electrons. The van der Waals surface area contributed by atoms with Gasteiger partial charge in [-0.1, -0.05) is 30.3 Å². The van der Waals surface area contributed by atoms with Gasteiger partial charge in [-0.25, -0.2) is 22.0 Å². The average molecular weight is 449 g/mol. The Morgan fingerprint density at radius 2 is 1.87 bits per heavy atom. The standard InChI is InChI=1S/C21H17F2NO6S/c1-31(28,29)20(11-5-3-2-4-6-11)16-14(22)9-13-18(17(16)23)24(12-7-8-12)10-15(19(13)25)30-21(26)27/h2-6,9-10,12,20H,7-8H2,1H3,(H,26,27). The zero-order valence-electron chi connectivity index (χ0n) is 16.2. The first-order chi connectivity index (χ1) is 14.6. The third-order valence-electron chi connectivity index (χ3n) is 5.14. The smallest absolute Gasteiger partial charge is 0.449 e. The van der Waals surface area contributed by atoms with Gasteiger partial charge < -0.3 is 14.4 Å². The Bertz CT molecular complexity index is 1360. The van der Waals surface area contributed by atoms with Gasteiger partial charge in [-0.2, -0.15) is 0 Å². The van der Waals surface area contributed by atoms with Crippen molar-refractivity contribution in [2.24, 2.45) is 0 Å². The van der Waals surface area contributed by atoms with Crippen LogP contribution >= 0.6 is 0 Å². The molecule has 1 heterocycles. The molecule has 0 aliphatic heterocycles. The molecule has 1 aromatic heterocycles. The maximum absolute atomic E-state index is 15.8. The molecule has 10 heteroatoms. The highest BCUT2D eigenvalue weighted by Gasteiger charge is 2.35. The van der Waals surface area contributed by atoms with Crippen molar-refractivity contribution in [1.82, 2.24) is 4.57 Å². The number of sulfone groups is 1. The number of carbonyl (C=O) groups is 1. The van der Waals surface area contributed by atoms with Crippen LogP contribution in [0.2, 0.25) is 0 Å². The highest BCUT2D eigenvalue weighted by molar-refractivity contribution is 7.91. The highest BCUT2D eigenvalue weighted by atomic mass is 32.2. The highest BCUT2D eigenvalue weighted by Crippen LogP contribution is 2.41. The molecular formula is C21H17F2NO6S. The average Bonchev–Trinajstić information content (AvgIpc) is 3.52. The lowest BCUT2D eigenvalue weighted by atomic mass is 10.0. The Hall–Kier alpha value is -3.27. The van der Waals surface area contributed by atoms with Gasteiger partial charge >= 0.3 is 6.16 Å². The summed E-state index contributed by atoms with van der Waals surface area (Å²) in [6, 6.07) is 8.15. The molecular weight excluding hydrogens is 432 g/mol. The first-order valence-electron chi connectivity index (χ1n) is 9.31. The van der Waals surface area contributed by atoms with Gasteiger partial charge in [-0.3, -0.25) is 4.79 Å². The lowest BCUT2D eigenvalue weighted by Gasteiger charge is -2.20. The van der Waals surface area contributed by atoms with Crippen LogP contribution in [0.25, 0.3) is 10.9 Å². The second-order valence-electron chi connectivity index (χ2n) is 7.43. The monoisotopic (exact) mass is 449 g/mol. The van der Waals surface area contributed by atoms with Crippen LogP contribution in [-0.4, -0.2) is 30.5 Å². The molecule has 0 bridgehead atoms. The molecule has 1 fully saturated rings. The van der Waals surface area contributed by atoms with E-state index < -0.39 is 55.0 Å². The molecule has 0 saturated heterocycles. The first kappa shape index (κ1) is 21.0. The summed E-state index contributed by atoms with van der Waals surface area (Å²) in [6.45, 7) is 0. The molecule has 1 aliphatic rings. The van der Waals surface area contributed by atoms with E-state index in [2.05, 4.69) is 4.74 Å². The minimum Gasteiger partial charge on any atom is -0.449 e. The molecule has 2 aromatic carbocycles. The van der Waals surface area contributed by atoms with Crippen LogP contribution in [0.1, 0.15) is 35.3 Å². The van der Waals surface area contributed by atoms with Gasteiger partial charge in [-0.05, 0) is 24.5 Å². The summed E-state index contributed by atoms with van der Waals surface area (Å²) in [5.74, 6) is -2.99. The van der Waals surface area contributed by atoms with Crippen molar-refractivity contribution < 1.29 is 31.8 Å². The van der Waals surface area contributed by atoms with E-state index in [4.69, 9.17) is 5.11 Å². The van der Waals surface area contributed by atoms with E-state index in [0.717, 1.165) is 18.5 Å². The molecule has 0 radical (unpaired) electrons. The Balaban J connectivity index is 2.08. The number of ether oxygens (including phenoxy) is 1. The number of benzene rings is 2. The van der Waals surface area contributed by atoms with Crippen LogP contribution in [0.5, 0.6) is 5.75 Å². The third kappa shape index (κ3) is 3.78. The number of aromatic nitrogens is 1. The predicted molar refractivity (Wildman–Crippen MR) is 108 cm³/mol. The molecule has 0 amide bonds. The van der Waals surface area contributed by atoms with Crippen molar-refractivity contribution in [3.8, 4) is 5.75 Å². The van der Waals surface area contributed by atoms with Crippen molar-refractivity contribution in [2.75, 3.05) is 6.26 Å². The van der Waals surface area contributed by atoms with Gasteiger partial charge in [0.15, 0.2) is 21.4 Å². The summed E-state index contributed by atoms with van der Waals surface area (Å²) in [7, 11) is -4.01. The number of nitrogens with zero attached hydrogens (tertiary/aromatic N) is 1. The van der Waals surface area contributed by atoms with E-state index in [-0.39, 0.29) is 17.1 Å². The SMILES string of the molecule is CS(=O)(=O)C(c1ccccc1)c1c(F)cc2c(=O)c(OC(=O)O)cn(C3CC3)c2c1F. The van der Waals surface area contributed by atoms with E-state index in [9.17, 15) is 18.0 Å². The molecule has 7 nitrogen and oxygen atoms in total. The second kappa shape index (κ2) is 7.45. The zero-order valence-corrected chi connectivity index (χ0v) is 17.0. The van der Waals surface area contributed by atoms with Gasteiger partial charge in [0, 0.05) is 17.9 Å². The van der Waals surface area contributed by atoms with Crippen molar-refractivity contribution in [1.29, 1.82) is 0 Å². The number of carboxylic acid groups (broad SMARTS) is 1. The Labute approximate surface area is 175 Å². The molecule has 1 N–H and O–H groups in total. The van der Waals surface area contributed by atoms with Crippen LogP contribution in [0.4, 0.5) is 13.6 Å². The van der Waals surface area contributed by atoms with Gasteiger partial charge in [0.25, 0.3) is 0 Å². The number of rotatable bonds is 5. The lowest BCUT2D eigenvalue weighted by Crippen LogP contribution is -2.20. The molecule has 1 unspecified atom stereocenters. The number of pyridine rings is 1. The van der Waals surface area contributed by atoms with Crippen molar-refractivity contribution in [2.45, 2.75) is 24.1 Å². The van der Waals surface area contributed by atoms with E-state index in [1.54, 1.807) is 18.2 Å². The second-order valence-corrected chi connectivity index (χ2v) is 9.56. The van der Waals surface area contributed by atoms with Gasteiger partial charge in [0.1, 0.15) is 11.1 Å². The fourth-order valence-corrected chi connectivity index (χ4v) is 5.03. The molecule has 0 spiro atoms. The molecule has 31 heavy (non-hydrogen) atoms. The number of fused-ring (bicyclic) bond motifs is 1. The van der Waals surface area contributed by atoms with Crippen LogP contribution < -0.4 is 10.2 Å². The number of hydrogen-bond acceptors (Lipinski definition) is 5. The normalized spacial score (nSPS) is 15.1. The topological polar surface area (TPSA) is 103 Å². The zero-order chi connectivity index (χ0) is 22.5. The van der Waals surface area contributed by atoms with E-state index in [1.807, 2.05) is 0 Å². The molecule has 3 aromatic rings. The van der Waals surface area contributed by atoms with Gasteiger partial charge in [0.05, 0.1) is 17.1 Å². The summed E-state index contributed by atoms with van der Waals surface area (Å²) in [5.41, 5.74) is -1.81. The Kier molecular flexibility index (Phi) is 5.04. The Morgan fingerprint density at radius 3 is 2.42 bits per heavy atom. The summed E-state index contributed by atoms with van der Waals surface area (Å²) in [6.07, 6.45) is 1.47. The van der Waals surface area contributed by atoms with Crippen molar-refractivity contribution in [3.05, 3.63) is 75.6 Å². The van der Waals surface area contributed by atoms with Gasteiger partial charge in [-0.15, -0.1) is 0 Å². The van der Waals surface area contributed by atoms with Gasteiger partial charge in [0.2, 0.25) is 5.43 Å². The predicted octanol–water partition coefficient (Wildman–Crippen LogP) is 3.81. The first-order valence-corrected chi connectivity index (χ1v) is 11.3. The summed E-state index contributed by atoms with van der Waals surface area (Å²) in [4.78, 5) is 23.6. The molecule has 1 aliphatic carbocycles. The molecule has 1 atom stereocenters. The van der Waals surface area contributed by atoms with Crippen LogP contribution in [0.15, 0.2) is 47.4 Å². The van der Waals surface area contributed by atoms with E-state index in [1.165, 1.54) is 16.7 Å². The maximum atomic E-state index is 15.8. The number of halogens is 2. The quantitative estimate of drug-likeness (QED) is 0.595. The van der Waals surface area contributed by atoms with E-state index in [0.29, 0.717) is 12.8 Å². The molecule has 4 rings (SSSR count). The molecule has 1 saturated carbocycles. The largest absolute Gasteiger partial charge is 0.511 e.